The molecule has 1 N–H and O–H groups in total. The Labute approximate surface area is 120 Å². The summed E-state index contributed by atoms with van der Waals surface area (Å²) in [5.74, 6) is 0.269. The molecule has 2 rings (SSSR count). The number of amides is 1. The summed E-state index contributed by atoms with van der Waals surface area (Å²) >= 11 is 0. The van der Waals surface area contributed by atoms with Crippen molar-refractivity contribution in [3.63, 3.8) is 0 Å². The van der Waals surface area contributed by atoms with Crippen molar-refractivity contribution in [2.45, 2.75) is 19.4 Å². The van der Waals surface area contributed by atoms with Crippen LogP contribution in [0.1, 0.15) is 22.5 Å². The fourth-order valence-electron chi connectivity index (χ4n) is 2.74. The molecule has 2 atom stereocenters. The first kappa shape index (κ1) is 14.9. The maximum atomic E-state index is 12.5. The fraction of sp³-hybridized carbons (Fsp3) is 0.600. The normalized spacial score (nSPS) is 23.1. The molecule has 2 heterocycles. The van der Waals surface area contributed by atoms with Crippen LogP contribution in [0.4, 0.5) is 0 Å². The molecule has 110 valence electrons. The molecule has 0 aliphatic carbocycles. The summed E-state index contributed by atoms with van der Waals surface area (Å²) < 4.78 is 0. The van der Waals surface area contributed by atoms with Crippen LogP contribution in [0.3, 0.4) is 0 Å². The van der Waals surface area contributed by atoms with Gasteiger partial charge in [0, 0.05) is 43.5 Å². The Kier molecular flexibility index (Phi) is 4.73. The zero-order chi connectivity index (χ0) is 14.7. The Balaban J connectivity index is 2.09. The van der Waals surface area contributed by atoms with Gasteiger partial charge in [-0.1, -0.05) is 0 Å². The third kappa shape index (κ3) is 3.16. The Morgan fingerprint density at radius 2 is 2.25 bits per heavy atom. The lowest BCUT2D eigenvalue weighted by Gasteiger charge is -2.41. The molecule has 5 nitrogen and oxygen atoms in total. The number of likely N-dealkylation sites (tertiary alicyclic amines) is 1. The minimum absolute atomic E-state index is 0.0285. The number of aromatic nitrogens is 1. The number of carbonyl (C=O) groups excluding carboxylic acids is 1. The zero-order valence-corrected chi connectivity index (χ0v) is 12.4. The van der Waals surface area contributed by atoms with Crippen LogP contribution in [-0.2, 0) is 0 Å². The van der Waals surface area contributed by atoms with E-state index in [1.165, 1.54) is 0 Å². The van der Waals surface area contributed by atoms with Gasteiger partial charge in [0.15, 0.2) is 0 Å². The molecule has 1 aromatic heterocycles. The monoisotopic (exact) mass is 277 g/mol. The van der Waals surface area contributed by atoms with Crippen LogP contribution in [0.2, 0.25) is 0 Å². The Bertz CT molecular complexity index is 459. The number of pyridine rings is 1. The molecular formula is C15H23N3O2. The molecule has 20 heavy (non-hydrogen) atoms. The van der Waals surface area contributed by atoms with Crippen molar-refractivity contribution in [1.29, 1.82) is 0 Å². The fourth-order valence-corrected chi connectivity index (χ4v) is 2.74. The van der Waals surface area contributed by atoms with E-state index in [1.807, 2.05) is 38.1 Å². The molecule has 0 radical (unpaired) electrons. The van der Waals surface area contributed by atoms with Crippen molar-refractivity contribution in [1.82, 2.24) is 14.8 Å². The molecule has 1 aromatic rings. The molecule has 0 unspecified atom stereocenters. The number of hydrogen-bond donors (Lipinski definition) is 1. The van der Waals surface area contributed by atoms with Crippen LogP contribution in [0, 0.1) is 12.8 Å². The average molecular weight is 277 g/mol. The van der Waals surface area contributed by atoms with Crippen LogP contribution in [-0.4, -0.2) is 65.6 Å². The second-order valence-corrected chi connectivity index (χ2v) is 5.70. The largest absolute Gasteiger partial charge is 0.396 e. The summed E-state index contributed by atoms with van der Waals surface area (Å²) in [6.07, 6.45) is 2.48. The van der Waals surface area contributed by atoms with E-state index >= 15 is 0 Å². The number of aliphatic hydroxyl groups is 1. The number of hydrogen-bond acceptors (Lipinski definition) is 4. The highest BCUT2D eigenvalue weighted by Gasteiger charge is 2.32. The second kappa shape index (κ2) is 6.33. The Hall–Kier alpha value is -1.46. The van der Waals surface area contributed by atoms with Crippen LogP contribution < -0.4 is 0 Å². The Morgan fingerprint density at radius 1 is 1.50 bits per heavy atom. The highest BCUT2D eigenvalue weighted by atomic mass is 16.3. The molecule has 5 heteroatoms. The molecule has 1 fully saturated rings. The maximum Gasteiger partial charge on any atom is 0.255 e. The van der Waals surface area contributed by atoms with Crippen molar-refractivity contribution in [2.24, 2.45) is 5.92 Å². The van der Waals surface area contributed by atoms with E-state index in [2.05, 4.69) is 9.88 Å². The van der Waals surface area contributed by atoms with Crippen molar-refractivity contribution in [2.75, 3.05) is 33.8 Å². The lowest BCUT2D eigenvalue weighted by molar-refractivity contribution is 0.0379. The van der Waals surface area contributed by atoms with Gasteiger partial charge in [-0.3, -0.25) is 9.78 Å². The highest BCUT2D eigenvalue weighted by Crippen LogP contribution is 2.22. The van der Waals surface area contributed by atoms with Crippen molar-refractivity contribution >= 4 is 5.91 Å². The van der Waals surface area contributed by atoms with Gasteiger partial charge in [-0.25, -0.2) is 0 Å². The summed E-state index contributed by atoms with van der Waals surface area (Å²) in [6, 6.07) is 3.89. The smallest absolute Gasteiger partial charge is 0.255 e. The first-order valence-electron chi connectivity index (χ1n) is 7.02. The van der Waals surface area contributed by atoms with E-state index in [-0.39, 0.29) is 24.5 Å². The van der Waals surface area contributed by atoms with Gasteiger partial charge < -0.3 is 14.9 Å². The number of nitrogens with zero attached hydrogens (tertiary/aromatic N) is 3. The lowest BCUT2D eigenvalue weighted by Crippen LogP contribution is -2.53. The molecule has 0 aromatic carbocycles. The van der Waals surface area contributed by atoms with E-state index < -0.39 is 0 Å². The molecular weight excluding hydrogens is 254 g/mol. The Morgan fingerprint density at radius 3 is 2.80 bits per heavy atom. The number of rotatable bonds is 3. The molecule has 1 aliphatic heterocycles. The van der Waals surface area contributed by atoms with Gasteiger partial charge in [0.25, 0.3) is 5.91 Å². The maximum absolute atomic E-state index is 12.5. The van der Waals surface area contributed by atoms with Crippen LogP contribution >= 0.6 is 0 Å². The number of carbonyl (C=O) groups is 1. The van der Waals surface area contributed by atoms with Crippen molar-refractivity contribution < 1.29 is 9.90 Å². The molecule has 0 bridgehead atoms. The lowest BCUT2D eigenvalue weighted by atomic mass is 9.91. The predicted molar refractivity (Wildman–Crippen MR) is 77.5 cm³/mol. The van der Waals surface area contributed by atoms with Crippen molar-refractivity contribution in [3.05, 3.63) is 29.6 Å². The van der Waals surface area contributed by atoms with E-state index in [0.29, 0.717) is 18.7 Å². The molecule has 0 saturated carbocycles. The van der Waals surface area contributed by atoms with E-state index in [4.69, 9.17) is 0 Å². The number of likely N-dealkylation sites (N-methyl/N-ethyl adjacent to an activating group) is 1. The standard InChI is InChI=1S/C15H23N3O2/c1-11-4-5-12(8-16-11)15(20)18-7-6-13(10-19)14(9-18)17(2)3/h4-5,8,13-14,19H,6-7,9-10H2,1-3H3/t13-,14-/m1/s1. The summed E-state index contributed by atoms with van der Waals surface area (Å²) in [5.41, 5.74) is 1.54. The van der Waals surface area contributed by atoms with E-state index in [9.17, 15) is 9.90 Å². The van der Waals surface area contributed by atoms with Crippen molar-refractivity contribution in [3.8, 4) is 0 Å². The summed E-state index contributed by atoms with van der Waals surface area (Å²) in [5, 5.41) is 9.44. The third-order valence-electron chi connectivity index (χ3n) is 4.06. The van der Waals surface area contributed by atoms with Gasteiger partial charge in [0.1, 0.15) is 0 Å². The van der Waals surface area contributed by atoms with E-state index in [1.54, 1.807) is 6.20 Å². The average Bonchev–Trinajstić information content (AvgIpc) is 2.46. The van der Waals surface area contributed by atoms with E-state index in [0.717, 1.165) is 12.1 Å². The third-order valence-corrected chi connectivity index (χ3v) is 4.06. The first-order chi connectivity index (χ1) is 9.52. The quantitative estimate of drug-likeness (QED) is 0.887. The van der Waals surface area contributed by atoms with Gasteiger partial charge in [0.2, 0.25) is 0 Å². The van der Waals surface area contributed by atoms with Crippen LogP contribution in [0.15, 0.2) is 18.3 Å². The van der Waals surface area contributed by atoms with Gasteiger partial charge in [0.05, 0.1) is 5.56 Å². The van der Waals surface area contributed by atoms with Gasteiger partial charge >= 0.3 is 0 Å². The SMILES string of the molecule is Cc1ccc(C(=O)N2CC[C@H](CO)[C@H](N(C)C)C2)cn1. The van der Waals surface area contributed by atoms with Crippen LogP contribution in [0.5, 0.6) is 0 Å². The molecule has 1 amide bonds. The summed E-state index contributed by atoms with van der Waals surface area (Å²) in [4.78, 5) is 20.6. The minimum atomic E-state index is 0.0285. The number of aryl methyl sites for hydroxylation is 1. The zero-order valence-electron chi connectivity index (χ0n) is 12.4. The number of piperidine rings is 1. The minimum Gasteiger partial charge on any atom is -0.396 e. The molecule has 1 saturated heterocycles. The molecule has 0 spiro atoms. The first-order valence-corrected chi connectivity index (χ1v) is 7.02. The van der Waals surface area contributed by atoms with Gasteiger partial charge in [-0.2, -0.15) is 0 Å². The predicted octanol–water partition coefficient (Wildman–Crippen LogP) is 0.775. The van der Waals surface area contributed by atoms with Gasteiger partial charge in [-0.05, 0) is 39.6 Å². The summed E-state index contributed by atoms with van der Waals surface area (Å²) in [6.45, 7) is 3.44. The summed E-state index contributed by atoms with van der Waals surface area (Å²) in [7, 11) is 3.99. The van der Waals surface area contributed by atoms with Gasteiger partial charge in [-0.15, -0.1) is 0 Å². The van der Waals surface area contributed by atoms with Crippen LogP contribution in [0.25, 0.3) is 0 Å². The number of aliphatic hydroxyl groups excluding tert-OH is 1. The topological polar surface area (TPSA) is 56.7 Å². The second-order valence-electron chi connectivity index (χ2n) is 5.70. The molecule has 1 aliphatic rings. The highest BCUT2D eigenvalue weighted by molar-refractivity contribution is 5.94.